The molecule has 0 amide bonds. The monoisotopic (exact) mass is 277 g/mol. The Bertz CT molecular complexity index is 477. The second-order valence-corrected chi connectivity index (χ2v) is 6.96. The fourth-order valence-corrected chi connectivity index (χ4v) is 2.85. The molecule has 112 valence electrons. The highest BCUT2D eigenvalue weighted by Gasteiger charge is 2.31. The molecule has 0 bridgehead atoms. The maximum absolute atomic E-state index is 5.68. The zero-order valence-corrected chi connectivity index (χ0v) is 13.6. The zero-order chi connectivity index (χ0) is 14.9. The maximum atomic E-state index is 5.68. The number of rotatable bonds is 3. The first-order chi connectivity index (χ1) is 9.34. The van der Waals surface area contributed by atoms with E-state index in [1.165, 1.54) is 11.3 Å². The Hall–Kier alpha value is -1.00. The minimum absolute atomic E-state index is 0.0146. The first kappa shape index (κ1) is 15.4. The summed E-state index contributed by atoms with van der Waals surface area (Å²) in [6.07, 6.45) is 0.947. The fraction of sp³-hybridized carbons (Fsp3) is 0.750. The normalized spacial score (nSPS) is 17.1. The Morgan fingerprint density at radius 1 is 1.20 bits per heavy atom. The summed E-state index contributed by atoms with van der Waals surface area (Å²) in [4.78, 5) is 9.65. The van der Waals surface area contributed by atoms with E-state index in [0.29, 0.717) is 5.92 Å². The van der Waals surface area contributed by atoms with E-state index >= 15 is 0 Å². The van der Waals surface area contributed by atoms with Crippen LogP contribution in [0.25, 0.3) is 0 Å². The van der Waals surface area contributed by atoms with E-state index in [9.17, 15) is 0 Å². The molecule has 1 aromatic rings. The van der Waals surface area contributed by atoms with E-state index in [1.807, 2.05) is 0 Å². The summed E-state index contributed by atoms with van der Waals surface area (Å²) in [5, 5.41) is 3.40. The van der Waals surface area contributed by atoms with Crippen LogP contribution >= 0.6 is 0 Å². The van der Waals surface area contributed by atoms with Crippen LogP contribution in [0.3, 0.4) is 0 Å². The number of hydrogen-bond acceptors (Lipinski definition) is 4. The highest BCUT2D eigenvalue weighted by molar-refractivity contribution is 5.31. The number of aromatic nitrogens is 2. The van der Waals surface area contributed by atoms with Gasteiger partial charge in [-0.15, -0.1) is 0 Å². The van der Waals surface area contributed by atoms with Gasteiger partial charge in [0.05, 0.1) is 11.4 Å². The zero-order valence-electron chi connectivity index (χ0n) is 13.6. The van der Waals surface area contributed by atoms with Crippen molar-refractivity contribution in [3.05, 3.63) is 22.8 Å². The molecule has 1 atom stereocenters. The average Bonchev–Trinajstić information content (AvgIpc) is 2.36. The molecule has 1 unspecified atom stereocenters. The lowest BCUT2D eigenvalue weighted by atomic mass is 9.87. The molecule has 0 radical (unpaired) electrons. The predicted molar refractivity (Wildman–Crippen MR) is 80.7 cm³/mol. The van der Waals surface area contributed by atoms with Gasteiger partial charge in [-0.1, -0.05) is 34.6 Å². The van der Waals surface area contributed by atoms with Gasteiger partial charge in [0.15, 0.2) is 5.82 Å². The molecule has 1 aliphatic heterocycles. The van der Waals surface area contributed by atoms with Crippen LogP contribution in [-0.2, 0) is 17.7 Å². The molecule has 1 aromatic heterocycles. The van der Waals surface area contributed by atoms with Crippen molar-refractivity contribution >= 4 is 0 Å². The molecule has 1 N–H and O–H groups in total. The molecular formula is C16H27N3O. The summed E-state index contributed by atoms with van der Waals surface area (Å²) in [6.45, 7) is 12.8. The van der Waals surface area contributed by atoms with Crippen LogP contribution in [0.4, 0.5) is 0 Å². The van der Waals surface area contributed by atoms with Gasteiger partial charge in [-0.25, -0.2) is 9.97 Å². The molecule has 4 nitrogen and oxygen atoms in total. The first-order valence-electron chi connectivity index (χ1n) is 7.47. The lowest BCUT2D eigenvalue weighted by Gasteiger charge is -2.30. The number of hydrogen-bond donors (Lipinski definition) is 1. The summed E-state index contributed by atoms with van der Waals surface area (Å²) in [5.74, 6) is 1.24. The topological polar surface area (TPSA) is 47.0 Å². The first-order valence-corrected chi connectivity index (χ1v) is 7.47. The second kappa shape index (κ2) is 5.78. The lowest BCUT2D eigenvalue weighted by Crippen LogP contribution is -2.30. The Labute approximate surface area is 122 Å². The molecule has 0 aliphatic carbocycles. The predicted octanol–water partition coefficient (Wildman–Crippen LogP) is 2.98. The summed E-state index contributed by atoms with van der Waals surface area (Å²) < 4.78 is 5.68. The third-order valence-corrected chi connectivity index (χ3v) is 3.79. The molecule has 0 fully saturated rings. The van der Waals surface area contributed by atoms with Crippen LogP contribution in [0.2, 0.25) is 0 Å². The van der Waals surface area contributed by atoms with Crippen LogP contribution in [-0.4, -0.2) is 23.6 Å². The van der Waals surface area contributed by atoms with Crippen molar-refractivity contribution in [2.75, 3.05) is 13.7 Å². The SMILES string of the molecule is COC(c1nc2c(c(C(C)C)n1)CCNC2)C(C)(C)C. The number of nitrogens with zero attached hydrogens (tertiary/aromatic N) is 2. The highest BCUT2D eigenvalue weighted by atomic mass is 16.5. The minimum Gasteiger partial charge on any atom is -0.373 e. The molecule has 2 rings (SSSR count). The van der Waals surface area contributed by atoms with Crippen molar-refractivity contribution in [2.24, 2.45) is 5.41 Å². The summed E-state index contributed by atoms with van der Waals surface area (Å²) in [6, 6.07) is 0. The van der Waals surface area contributed by atoms with Crippen molar-refractivity contribution < 1.29 is 4.74 Å². The number of ether oxygens (including phenoxy) is 1. The molecule has 4 heteroatoms. The van der Waals surface area contributed by atoms with Gasteiger partial charge in [0.25, 0.3) is 0 Å². The van der Waals surface area contributed by atoms with Gasteiger partial charge in [0, 0.05) is 13.7 Å². The van der Waals surface area contributed by atoms with Crippen LogP contribution in [0.15, 0.2) is 0 Å². The van der Waals surface area contributed by atoms with Gasteiger partial charge in [-0.05, 0) is 29.9 Å². The van der Waals surface area contributed by atoms with E-state index in [-0.39, 0.29) is 11.5 Å². The number of methoxy groups -OCH3 is 1. The van der Waals surface area contributed by atoms with Gasteiger partial charge in [0.1, 0.15) is 6.10 Å². The Kier molecular flexibility index (Phi) is 4.45. The smallest absolute Gasteiger partial charge is 0.158 e. The molecule has 0 aromatic carbocycles. The van der Waals surface area contributed by atoms with E-state index in [2.05, 4.69) is 39.9 Å². The Morgan fingerprint density at radius 2 is 1.90 bits per heavy atom. The quantitative estimate of drug-likeness (QED) is 0.922. The number of fused-ring (bicyclic) bond motifs is 1. The molecule has 20 heavy (non-hydrogen) atoms. The molecule has 0 saturated carbocycles. The summed E-state index contributed by atoms with van der Waals surface area (Å²) in [7, 11) is 1.74. The molecule has 1 aliphatic rings. The average molecular weight is 277 g/mol. The largest absolute Gasteiger partial charge is 0.373 e. The summed E-state index contributed by atoms with van der Waals surface area (Å²) in [5.41, 5.74) is 3.67. The second-order valence-electron chi connectivity index (χ2n) is 6.96. The van der Waals surface area contributed by atoms with Gasteiger partial charge in [-0.3, -0.25) is 0 Å². The Morgan fingerprint density at radius 3 is 2.45 bits per heavy atom. The lowest BCUT2D eigenvalue weighted by molar-refractivity contribution is 0.00822. The van der Waals surface area contributed by atoms with Crippen LogP contribution in [0, 0.1) is 5.41 Å². The highest BCUT2D eigenvalue weighted by Crippen LogP contribution is 2.35. The van der Waals surface area contributed by atoms with Gasteiger partial charge < -0.3 is 10.1 Å². The van der Waals surface area contributed by atoms with E-state index in [0.717, 1.165) is 31.0 Å². The van der Waals surface area contributed by atoms with E-state index < -0.39 is 0 Å². The fourth-order valence-electron chi connectivity index (χ4n) is 2.85. The minimum atomic E-state index is -0.0766. The standard InChI is InChI=1S/C16H27N3O/c1-10(2)13-11-7-8-17-9-12(11)18-15(19-13)14(20-6)16(3,4)5/h10,14,17H,7-9H2,1-6H3. The van der Waals surface area contributed by atoms with Crippen LogP contribution in [0.5, 0.6) is 0 Å². The van der Waals surface area contributed by atoms with Crippen molar-refractivity contribution in [2.45, 2.75) is 59.6 Å². The molecular weight excluding hydrogens is 250 g/mol. The third kappa shape index (κ3) is 3.01. The van der Waals surface area contributed by atoms with E-state index in [4.69, 9.17) is 14.7 Å². The van der Waals surface area contributed by atoms with Crippen LogP contribution < -0.4 is 5.32 Å². The molecule has 0 saturated heterocycles. The summed E-state index contributed by atoms with van der Waals surface area (Å²) >= 11 is 0. The van der Waals surface area contributed by atoms with Crippen molar-refractivity contribution in [3.8, 4) is 0 Å². The Balaban J connectivity index is 2.52. The van der Waals surface area contributed by atoms with Crippen molar-refractivity contribution in [1.29, 1.82) is 0 Å². The third-order valence-electron chi connectivity index (χ3n) is 3.79. The van der Waals surface area contributed by atoms with Gasteiger partial charge in [0.2, 0.25) is 0 Å². The molecule has 2 heterocycles. The molecule has 0 spiro atoms. The van der Waals surface area contributed by atoms with Crippen molar-refractivity contribution in [1.82, 2.24) is 15.3 Å². The van der Waals surface area contributed by atoms with Crippen molar-refractivity contribution in [3.63, 3.8) is 0 Å². The maximum Gasteiger partial charge on any atom is 0.158 e. The number of nitrogens with one attached hydrogen (secondary N) is 1. The van der Waals surface area contributed by atoms with Gasteiger partial charge >= 0.3 is 0 Å². The van der Waals surface area contributed by atoms with E-state index in [1.54, 1.807) is 7.11 Å². The van der Waals surface area contributed by atoms with Crippen LogP contribution in [0.1, 0.15) is 69.4 Å². The van der Waals surface area contributed by atoms with Gasteiger partial charge in [-0.2, -0.15) is 0 Å².